The van der Waals surface area contributed by atoms with E-state index in [0.29, 0.717) is 22.7 Å². The fourth-order valence-electron chi connectivity index (χ4n) is 2.39. The van der Waals surface area contributed by atoms with Crippen LogP contribution in [0.1, 0.15) is 23.3 Å². The van der Waals surface area contributed by atoms with E-state index in [1.165, 1.54) is 35.2 Å². The van der Waals surface area contributed by atoms with Crippen molar-refractivity contribution in [1.29, 1.82) is 0 Å². The van der Waals surface area contributed by atoms with Crippen LogP contribution >= 0.6 is 23.1 Å². The van der Waals surface area contributed by atoms with Gasteiger partial charge in [-0.25, -0.2) is 0 Å². The summed E-state index contributed by atoms with van der Waals surface area (Å²) in [6.07, 6.45) is -4.44. The number of nitrogens with zero attached hydrogens (tertiary/aromatic N) is 5. The standard InChI is InChI=1S/C17H17F3N6O2S2/c1-3-26-13(8-28-12-6-4-5-11(7-12)17(18,19)20)23-25-16(26)29-9-14(27)21-15-24-22-10(2)30-15/h4-7H,3,8-9H2,1-2H3,(H,21,24,27). The summed E-state index contributed by atoms with van der Waals surface area (Å²) in [5, 5.41) is 20.1. The second-order valence-corrected chi connectivity index (χ2v) is 8.04. The van der Waals surface area contributed by atoms with E-state index in [2.05, 4.69) is 25.7 Å². The van der Waals surface area contributed by atoms with Crippen molar-refractivity contribution in [3.8, 4) is 5.75 Å². The number of benzene rings is 1. The molecule has 1 N–H and O–H groups in total. The topological polar surface area (TPSA) is 94.8 Å². The summed E-state index contributed by atoms with van der Waals surface area (Å²) in [6, 6.07) is 4.63. The molecule has 0 radical (unpaired) electrons. The number of carbonyl (C=O) groups excluding carboxylic acids is 1. The predicted molar refractivity (Wildman–Crippen MR) is 105 cm³/mol. The SMILES string of the molecule is CCn1c(COc2cccc(C(F)(F)F)c2)nnc1SCC(=O)Nc1nnc(C)s1. The molecule has 2 heterocycles. The molecule has 0 saturated carbocycles. The van der Waals surface area contributed by atoms with Crippen LogP contribution in [0.3, 0.4) is 0 Å². The normalized spacial score (nSPS) is 11.5. The summed E-state index contributed by atoms with van der Waals surface area (Å²) in [6.45, 7) is 4.10. The zero-order valence-corrected chi connectivity index (χ0v) is 17.6. The molecule has 1 aromatic carbocycles. The van der Waals surface area contributed by atoms with Crippen molar-refractivity contribution in [1.82, 2.24) is 25.0 Å². The summed E-state index contributed by atoms with van der Waals surface area (Å²) in [5.74, 6) is 0.350. The largest absolute Gasteiger partial charge is 0.486 e. The number of carbonyl (C=O) groups is 1. The first kappa shape index (κ1) is 22.0. The molecule has 0 aliphatic heterocycles. The second kappa shape index (κ2) is 9.43. The van der Waals surface area contributed by atoms with Crippen LogP contribution in [0.4, 0.5) is 18.3 Å². The molecule has 13 heteroatoms. The minimum Gasteiger partial charge on any atom is -0.486 e. The number of nitrogens with one attached hydrogen (secondary N) is 1. The van der Waals surface area contributed by atoms with E-state index in [1.54, 1.807) is 11.5 Å². The number of anilines is 1. The first-order chi connectivity index (χ1) is 14.3. The Morgan fingerprint density at radius 3 is 2.73 bits per heavy atom. The van der Waals surface area contributed by atoms with E-state index >= 15 is 0 Å². The molecule has 0 unspecified atom stereocenters. The number of alkyl halides is 3. The molecule has 0 fully saturated rings. The van der Waals surface area contributed by atoms with Crippen LogP contribution in [0.15, 0.2) is 29.4 Å². The molecule has 0 saturated heterocycles. The summed E-state index contributed by atoms with van der Waals surface area (Å²) in [7, 11) is 0. The molecule has 0 atom stereocenters. The van der Waals surface area contributed by atoms with Crippen molar-refractivity contribution >= 4 is 34.1 Å². The third kappa shape index (κ3) is 5.69. The maximum absolute atomic E-state index is 12.8. The van der Waals surface area contributed by atoms with Gasteiger partial charge in [0.05, 0.1) is 11.3 Å². The Kier molecular flexibility index (Phi) is 6.92. The third-order valence-corrected chi connectivity index (χ3v) is 5.46. The van der Waals surface area contributed by atoms with Gasteiger partial charge in [0.15, 0.2) is 11.0 Å². The maximum Gasteiger partial charge on any atom is 0.416 e. The molecule has 0 aliphatic carbocycles. The predicted octanol–water partition coefficient (Wildman–Crippen LogP) is 3.79. The van der Waals surface area contributed by atoms with Crippen molar-refractivity contribution in [2.24, 2.45) is 0 Å². The number of thioether (sulfide) groups is 1. The van der Waals surface area contributed by atoms with Gasteiger partial charge in [0, 0.05) is 6.54 Å². The average Bonchev–Trinajstić information content (AvgIpc) is 3.29. The van der Waals surface area contributed by atoms with Gasteiger partial charge in [-0.2, -0.15) is 13.2 Å². The van der Waals surface area contributed by atoms with Gasteiger partial charge in [0.25, 0.3) is 0 Å². The molecular weight excluding hydrogens is 441 g/mol. The summed E-state index contributed by atoms with van der Waals surface area (Å²) in [4.78, 5) is 12.1. The van der Waals surface area contributed by atoms with Gasteiger partial charge in [-0.3, -0.25) is 10.1 Å². The number of halogens is 3. The lowest BCUT2D eigenvalue weighted by atomic mass is 10.2. The number of hydrogen-bond acceptors (Lipinski definition) is 8. The van der Waals surface area contributed by atoms with Gasteiger partial charge in [0.1, 0.15) is 17.4 Å². The Labute approximate surface area is 177 Å². The van der Waals surface area contributed by atoms with Crippen LogP contribution < -0.4 is 10.1 Å². The summed E-state index contributed by atoms with van der Waals surface area (Å²) in [5.41, 5.74) is -0.787. The molecule has 0 spiro atoms. The third-order valence-electron chi connectivity index (χ3n) is 3.74. The van der Waals surface area contributed by atoms with Gasteiger partial charge < -0.3 is 9.30 Å². The number of ether oxygens (including phenoxy) is 1. The number of hydrogen-bond donors (Lipinski definition) is 1. The average molecular weight is 458 g/mol. The lowest BCUT2D eigenvalue weighted by molar-refractivity contribution is -0.137. The van der Waals surface area contributed by atoms with E-state index < -0.39 is 11.7 Å². The van der Waals surface area contributed by atoms with Crippen molar-refractivity contribution < 1.29 is 22.7 Å². The van der Waals surface area contributed by atoms with Crippen LogP contribution in [0.25, 0.3) is 0 Å². The molecule has 3 aromatic rings. The molecule has 8 nitrogen and oxygen atoms in total. The highest BCUT2D eigenvalue weighted by Crippen LogP contribution is 2.31. The zero-order chi connectivity index (χ0) is 21.7. The molecular formula is C17H17F3N6O2S2. The van der Waals surface area contributed by atoms with Crippen molar-refractivity contribution in [2.45, 2.75) is 38.3 Å². The van der Waals surface area contributed by atoms with Gasteiger partial charge in [-0.1, -0.05) is 29.2 Å². The number of amides is 1. The molecule has 30 heavy (non-hydrogen) atoms. The molecule has 0 bridgehead atoms. The quantitative estimate of drug-likeness (QED) is 0.513. The fraction of sp³-hybridized carbons (Fsp3) is 0.353. The van der Waals surface area contributed by atoms with Gasteiger partial charge >= 0.3 is 6.18 Å². The molecule has 3 rings (SSSR count). The Bertz CT molecular complexity index is 1020. The van der Waals surface area contributed by atoms with Crippen molar-refractivity contribution in [3.63, 3.8) is 0 Å². The van der Waals surface area contributed by atoms with E-state index in [9.17, 15) is 18.0 Å². The van der Waals surface area contributed by atoms with Crippen LogP contribution in [0, 0.1) is 6.92 Å². The summed E-state index contributed by atoms with van der Waals surface area (Å²) < 4.78 is 45.7. The van der Waals surface area contributed by atoms with Gasteiger partial charge in [0.2, 0.25) is 11.0 Å². The highest BCUT2D eigenvalue weighted by molar-refractivity contribution is 7.99. The summed E-state index contributed by atoms with van der Waals surface area (Å²) >= 11 is 2.46. The minimum absolute atomic E-state index is 0.0566. The molecule has 0 aliphatic rings. The Balaban J connectivity index is 1.59. The fourth-order valence-corrected chi connectivity index (χ4v) is 3.82. The Hall–Kier alpha value is -2.67. The van der Waals surface area contributed by atoms with Gasteiger partial charge in [-0.15, -0.1) is 20.4 Å². The highest BCUT2D eigenvalue weighted by Gasteiger charge is 2.30. The first-order valence-corrected chi connectivity index (χ1v) is 10.5. The van der Waals surface area contributed by atoms with Gasteiger partial charge in [-0.05, 0) is 32.0 Å². The van der Waals surface area contributed by atoms with E-state index in [1.807, 2.05) is 6.92 Å². The zero-order valence-electron chi connectivity index (χ0n) is 15.9. The Morgan fingerprint density at radius 1 is 1.27 bits per heavy atom. The van der Waals surface area contributed by atoms with Crippen LogP contribution in [0.5, 0.6) is 5.75 Å². The highest BCUT2D eigenvalue weighted by atomic mass is 32.2. The Morgan fingerprint density at radius 2 is 2.07 bits per heavy atom. The van der Waals surface area contributed by atoms with Crippen molar-refractivity contribution in [2.75, 3.05) is 11.1 Å². The maximum atomic E-state index is 12.8. The van der Waals surface area contributed by atoms with Crippen LogP contribution in [-0.2, 0) is 24.1 Å². The number of aryl methyl sites for hydroxylation is 1. The lowest BCUT2D eigenvalue weighted by Gasteiger charge is -2.11. The van der Waals surface area contributed by atoms with Crippen molar-refractivity contribution in [3.05, 3.63) is 40.7 Å². The lowest BCUT2D eigenvalue weighted by Crippen LogP contribution is -2.14. The first-order valence-electron chi connectivity index (χ1n) is 8.71. The second-order valence-electron chi connectivity index (χ2n) is 5.92. The van der Waals surface area contributed by atoms with E-state index in [-0.39, 0.29) is 24.0 Å². The van der Waals surface area contributed by atoms with Crippen LogP contribution in [-0.4, -0.2) is 36.6 Å². The monoisotopic (exact) mass is 458 g/mol. The smallest absolute Gasteiger partial charge is 0.416 e. The minimum atomic E-state index is -4.44. The van der Waals surface area contributed by atoms with Crippen LogP contribution in [0.2, 0.25) is 0 Å². The molecule has 160 valence electrons. The molecule has 2 aromatic heterocycles. The van der Waals surface area contributed by atoms with E-state index in [0.717, 1.165) is 17.1 Å². The number of rotatable bonds is 8. The molecule has 1 amide bonds. The number of aromatic nitrogens is 5. The van der Waals surface area contributed by atoms with E-state index in [4.69, 9.17) is 4.74 Å².